The maximum Gasteiger partial charge on any atom is 0.328 e. The van der Waals surface area contributed by atoms with Crippen molar-refractivity contribution in [2.45, 2.75) is 58.6 Å². The van der Waals surface area contributed by atoms with Gasteiger partial charge in [0.2, 0.25) is 5.75 Å². The normalized spacial score (nSPS) is 20.6. The summed E-state index contributed by atoms with van der Waals surface area (Å²) < 4.78 is 15.7. The molecule has 1 aromatic rings. The highest BCUT2D eigenvalue weighted by Crippen LogP contribution is 2.30. The summed E-state index contributed by atoms with van der Waals surface area (Å²) in [7, 11) is 1.39. The Morgan fingerprint density at radius 1 is 1.29 bits per heavy atom. The molecule has 0 aromatic carbocycles. The van der Waals surface area contributed by atoms with Gasteiger partial charge < -0.3 is 24.6 Å². The number of aromatic nitrogens is 1. The predicted octanol–water partition coefficient (Wildman–Crippen LogP) is 4.06. The number of esters is 2. The zero-order valence-corrected chi connectivity index (χ0v) is 20.2. The second kappa shape index (κ2) is 14.5. The van der Waals surface area contributed by atoms with Crippen molar-refractivity contribution in [3.63, 3.8) is 0 Å². The van der Waals surface area contributed by atoms with E-state index >= 15 is 0 Å². The van der Waals surface area contributed by atoms with E-state index in [4.69, 9.17) is 19.3 Å². The lowest BCUT2D eigenvalue weighted by molar-refractivity contribution is -0.151. The number of carbonyl (C=O) groups excluding carboxylic acids is 3. The molecule has 1 aliphatic heterocycles. The molecule has 0 radical (unpaired) electrons. The predicted molar refractivity (Wildman–Crippen MR) is 128 cm³/mol. The minimum absolute atomic E-state index is 0.0802. The number of nitrogens with zero attached hydrogens (tertiary/aromatic N) is 1. The van der Waals surface area contributed by atoms with Crippen LogP contribution in [0.25, 0.3) is 0 Å². The molecule has 34 heavy (non-hydrogen) atoms. The molecule has 1 saturated heterocycles. The standard InChI is InChI=1S/C19H26N2O6.C6H8O/c1-11-6-5-7-14(19(24)26-12(2)10-11)21-18(23)16-17(27-13(3)22)15(25-4)8-9-20-16;1-3-5-6(7)4-2/h8-9,11-12,14H,5-7,10H2,1-4H3,(H,21,23);3-5,7H,1-2H2/b;6-5+/t11?,12?,14-;/m0./s1. The number of allylic oxidation sites excluding steroid dienone is 3. The number of hydrogen-bond donors (Lipinski definition) is 2. The van der Waals surface area contributed by atoms with Crippen molar-refractivity contribution in [3.8, 4) is 11.5 Å². The summed E-state index contributed by atoms with van der Waals surface area (Å²) in [6, 6.07) is 0.690. The average molecular weight is 475 g/mol. The van der Waals surface area contributed by atoms with Crippen LogP contribution >= 0.6 is 0 Å². The minimum Gasteiger partial charge on any atom is -0.508 e. The maximum absolute atomic E-state index is 12.7. The van der Waals surface area contributed by atoms with Gasteiger partial charge in [-0.05, 0) is 37.8 Å². The van der Waals surface area contributed by atoms with E-state index in [0.717, 1.165) is 19.3 Å². The number of nitrogens with one attached hydrogen (secondary N) is 1. The Balaban J connectivity index is 0.000000718. The van der Waals surface area contributed by atoms with E-state index in [2.05, 4.69) is 30.4 Å². The fraction of sp³-hybridized carbons (Fsp3) is 0.440. The van der Waals surface area contributed by atoms with Gasteiger partial charge >= 0.3 is 11.9 Å². The van der Waals surface area contributed by atoms with E-state index < -0.39 is 23.9 Å². The molecule has 0 spiro atoms. The Bertz CT molecular complexity index is 911. The minimum atomic E-state index is -0.788. The third kappa shape index (κ3) is 9.48. The largest absolute Gasteiger partial charge is 0.508 e. The Labute approximate surface area is 200 Å². The first-order valence-corrected chi connectivity index (χ1v) is 11.0. The second-order valence-corrected chi connectivity index (χ2v) is 7.86. The summed E-state index contributed by atoms with van der Waals surface area (Å²) in [5.74, 6) is -1.00. The number of ether oxygens (including phenoxy) is 3. The Morgan fingerprint density at radius 2 is 2.00 bits per heavy atom. The maximum atomic E-state index is 12.7. The van der Waals surface area contributed by atoms with Crippen molar-refractivity contribution >= 4 is 17.8 Å². The third-order valence-corrected chi connectivity index (χ3v) is 4.88. The SMILES string of the molecule is C=C/C=C(/O)C=C.COc1ccnc(C(=O)N[C@H]2CCCC(C)CC(C)OC2=O)c1OC(C)=O. The lowest BCUT2D eigenvalue weighted by Crippen LogP contribution is -2.43. The number of rotatable bonds is 6. The summed E-state index contributed by atoms with van der Waals surface area (Å²) in [5, 5.41) is 11.2. The first-order chi connectivity index (χ1) is 16.1. The molecule has 2 heterocycles. The first kappa shape index (κ1) is 28.4. The van der Waals surface area contributed by atoms with E-state index in [1.54, 1.807) is 0 Å². The molecule has 2 rings (SSSR count). The summed E-state index contributed by atoms with van der Waals surface area (Å²) in [4.78, 5) is 40.5. The smallest absolute Gasteiger partial charge is 0.328 e. The fourth-order valence-electron chi connectivity index (χ4n) is 3.34. The van der Waals surface area contributed by atoms with Crippen LogP contribution in [0, 0.1) is 5.92 Å². The van der Waals surface area contributed by atoms with Crippen LogP contribution in [0.4, 0.5) is 0 Å². The van der Waals surface area contributed by atoms with Crippen molar-refractivity contribution in [3.05, 3.63) is 55.1 Å². The molecule has 1 amide bonds. The van der Waals surface area contributed by atoms with E-state index in [1.165, 1.54) is 44.5 Å². The molecular formula is C25H34N2O7. The van der Waals surface area contributed by atoms with Gasteiger partial charge in [-0.15, -0.1) is 0 Å². The molecule has 1 fully saturated rings. The molecule has 2 N–H and O–H groups in total. The summed E-state index contributed by atoms with van der Waals surface area (Å²) >= 11 is 0. The number of methoxy groups -OCH3 is 1. The van der Waals surface area contributed by atoms with Crippen LogP contribution < -0.4 is 14.8 Å². The molecule has 2 unspecified atom stereocenters. The van der Waals surface area contributed by atoms with E-state index in [9.17, 15) is 14.4 Å². The van der Waals surface area contributed by atoms with Crippen molar-refractivity contribution in [1.82, 2.24) is 10.3 Å². The molecule has 0 bridgehead atoms. The van der Waals surface area contributed by atoms with Crippen LogP contribution in [0.3, 0.4) is 0 Å². The number of hydrogen-bond acceptors (Lipinski definition) is 8. The van der Waals surface area contributed by atoms with Gasteiger partial charge in [-0.1, -0.05) is 39.0 Å². The quantitative estimate of drug-likeness (QED) is 0.359. The van der Waals surface area contributed by atoms with Gasteiger partial charge in [-0.25, -0.2) is 9.78 Å². The van der Waals surface area contributed by atoms with Gasteiger partial charge in [-0.3, -0.25) is 9.59 Å². The van der Waals surface area contributed by atoms with Crippen molar-refractivity contribution in [2.24, 2.45) is 5.92 Å². The van der Waals surface area contributed by atoms with E-state index in [1.807, 2.05) is 6.92 Å². The van der Waals surface area contributed by atoms with Gasteiger partial charge in [0.05, 0.1) is 13.2 Å². The Morgan fingerprint density at radius 3 is 2.56 bits per heavy atom. The Hall–Kier alpha value is -3.62. The number of carbonyl (C=O) groups is 3. The molecule has 186 valence electrons. The van der Waals surface area contributed by atoms with Crippen LogP contribution in [-0.4, -0.2) is 47.2 Å². The lowest BCUT2D eigenvalue weighted by atomic mass is 9.97. The van der Waals surface area contributed by atoms with E-state index in [0.29, 0.717) is 12.3 Å². The number of pyridine rings is 1. The molecule has 0 saturated carbocycles. The zero-order valence-electron chi connectivity index (χ0n) is 20.2. The number of cyclic esters (lactones) is 1. The van der Waals surface area contributed by atoms with Crippen LogP contribution in [0.1, 0.15) is 56.9 Å². The van der Waals surface area contributed by atoms with Crippen molar-refractivity contribution < 1.29 is 33.7 Å². The number of aliphatic hydroxyl groups excluding tert-OH is 1. The molecule has 1 aromatic heterocycles. The van der Waals surface area contributed by atoms with Gasteiger partial charge in [0.15, 0.2) is 11.4 Å². The van der Waals surface area contributed by atoms with Crippen LogP contribution in [0.5, 0.6) is 11.5 Å². The van der Waals surface area contributed by atoms with Crippen LogP contribution in [-0.2, 0) is 14.3 Å². The molecule has 1 aliphatic rings. The highest BCUT2D eigenvalue weighted by Gasteiger charge is 2.29. The fourth-order valence-corrected chi connectivity index (χ4v) is 3.34. The zero-order chi connectivity index (χ0) is 25.7. The lowest BCUT2D eigenvalue weighted by Gasteiger charge is -2.19. The highest BCUT2D eigenvalue weighted by molar-refractivity contribution is 5.98. The number of aliphatic hydroxyl groups is 1. The summed E-state index contributed by atoms with van der Waals surface area (Å²) in [6.45, 7) is 11.9. The molecule has 9 heteroatoms. The van der Waals surface area contributed by atoms with Crippen LogP contribution in [0.15, 0.2) is 49.4 Å². The van der Waals surface area contributed by atoms with Gasteiger partial charge in [-0.2, -0.15) is 0 Å². The van der Waals surface area contributed by atoms with E-state index in [-0.39, 0.29) is 29.1 Å². The molecular weight excluding hydrogens is 440 g/mol. The average Bonchev–Trinajstić information content (AvgIpc) is 2.83. The third-order valence-electron chi connectivity index (χ3n) is 4.88. The van der Waals surface area contributed by atoms with Gasteiger partial charge in [0.1, 0.15) is 11.8 Å². The topological polar surface area (TPSA) is 124 Å². The van der Waals surface area contributed by atoms with Gasteiger partial charge in [0.25, 0.3) is 5.91 Å². The monoisotopic (exact) mass is 474 g/mol. The molecule has 3 atom stereocenters. The van der Waals surface area contributed by atoms with Crippen molar-refractivity contribution in [2.75, 3.05) is 7.11 Å². The first-order valence-electron chi connectivity index (χ1n) is 11.0. The summed E-state index contributed by atoms with van der Waals surface area (Å²) in [5.41, 5.74) is -0.126. The summed E-state index contributed by atoms with van der Waals surface area (Å²) in [6.07, 6.45) is 8.46. The van der Waals surface area contributed by atoms with Gasteiger partial charge in [0, 0.05) is 19.2 Å². The number of amides is 1. The Kier molecular flexibility index (Phi) is 12.1. The second-order valence-electron chi connectivity index (χ2n) is 7.86. The molecule has 9 nitrogen and oxygen atoms in total. The highest BCUT2D eigenvalue weighted by atomic mass is 16.6. The molecule has 0 aliphatic carbocycles. The van der Waals surface area contributed by atoms with Crippen LogP contribution in [0.2, 0.25) is 0 Å². The van der Waals surface area contributed by atoms with Crippen molar-refractivity contribution in [1.29, 1.82) is 0 Å².